The van der Waals surface area contributed by atoms with E-state index in [1.54, 1.807) is 21.0 Å². The molecule has 6 heteroatoms. The molecular weight excluding hydrogens is 246 g/mol. The van der Waals surface area contributed by atoms with E-state index in [1.807, 2.05) is 0 Å². The van der Waals surface area contributed by atoms with Crippen LogP contribution in [0.5, 0.6) is 0 Å². The summed E-state index contributed by atoms with van der Waals surface area (Å²) >= 11 is 0. The van der Waals surface area contributed by atoms with E-state index in [4.69, 9.17) is 0 Å². The number of Topliss-reactive ketones (excluding diaryl/α,β-unsaturated/α-hetero) is 2. The molecule has 6 nitrogen and oxygen atoms in total. The maximum absolute atomic E-state index is 11.6. The topological polar surface area (TPSA) is 87.3 Å². The third-order valence-corrected chi connectivity index (χ3v) is 3.06. The molecule has 1 amide bonds. The van der Waals surface area contributed by atoms with Crippen molar-refractivity contribution in [2.24, 2.45) is 0 Å². The number of likely N-dealkylation sites (N-methyl/N-ethyl adjacent to an activating group) is 2. The summed E-state index contributed by atoms with van der Waals surface area (Å²) in [5.74, 6) is -0.108. The summed E-state index contributed by atoms with van der Waals surface area (Å²) in [6.07, 6.45) is 1.56. The first kappa shape index (κ1) is 17.7. The van der Waals surface area contributed by atoms with Gasteiger partial charge in [-0.05, 0) is 40.8 Å². The molecule has 0 radical (unpaired) electrons. The molecule has 0 aliphatic rings. The molecule has 19 heavy (non-hydrogen) atoms. The van der Waals surface area contributed by atoms with E-state index in [-0.39, 0.29) is 29.9 Å². The number of hydrogen-bond acceptors (Lipinski definition) is 5. The molecule has 0 heterocycles. The summed E-state index contributed by atoms with van der Waals surface area (Å²) in [4.78, 5) is 33.9. The average Bonchev–Trinajstić information content (AvgIpc) is 2.35. The lowest BCUT2D eigenvalue weighted by Crippen LogP contribution is -2.39. The predicted molar refractivity (Wildman–Crippen MR) is 73.9 cm³/mol. The lowest BCUT2D eigenvalue weighted by atomic mass is 10.1. The Morgan fingerprint density at radius 3 is 1.89 bits per heavy atom. The van der Waals surface area contributed by atoms with Gasteiger partial charge in [0.05, 0.1) is 12.1 Å². The van der Waals surface area contributed by atoms with Crippen molar-refractivity contribution in [3.8, 4) is 0 Å². The quantitative estimate of drug-likeness (QED) is 0.472. The highest BCUT2D eigenvalue weighted by atomic mass is 16.2. The second kappa shape index (κ2) is 9.63. The highest BCUT2D eigenvalue weighted by Crippen LogP contribution is 1.98. The van der Waals surface area contributed by atoms with Crippen molar-refractivity contribution in [3.05, 3.63) is 0 Å². The largest absolute Gasteiger partial charge is 0.356 e. The van der Waals surface area contributed by atoms with Crippen LogP contribution in [-0.2, 0) is 14.4 Å². The molecule has 3 N–H and O–H groups in total. The van der Waals surface area contributed by atoms with E-state index < -0.39 is 6.04 Å². The summed E-state index contributed by atoms with van der Waals surface area (Å²) in [5.41, 5.74) is 0. The van der Waals surface area contributed by atoms with Crippen LogP contribution in [0.4, 0.5) is 0 Å². The van der Waals surface area contributed by atoms with Gasteiger partial charge in [-0.25, -0.2) is 0 Å². The zero-order chi connectivity index (χ0) is 14.8. The molecule has 0 fully saturated rings. The number of amides is 1. The fourth-order valence-corrected chi connectivity index (χ4v) is 1.79. The Bertz CT molecular complexity index is 318. The van der Waals surface area contributed by atoms with Crippen molar-refractivity contribution in [3.63, 3.8) is 0 Å². The van der Waals surface area contributed by atoms with Crippen molar-refractivity contribution in [2.45, 2.75) is 45.2 Å². The number of hydrogen-bond donors (Lipinski definition) is 3. The molecule has 2 unspecified atom stereocenters. The van der Waals surface area contributed by atoms with Crippen molar-refractivity contribution in [2.75, 3.05) is 20.6 Å². The summed E-state index contributed by atoms with van der Waals surface area (Å²) in [6, 6.07) is -0.582. The highest BCUT2D eigenvalue weighted by molar-refractivity contribution is 5.88. The lowest BCUT2D eigenvalue weighted by Gasteiger charge is -2.14. The summed E-state index contributed by atoms with van der Waals surface area (Å²) in [6.45, 7) is 3.52. The zero-order valence-electron chi connectivity index (χ0n) is 12.2. The molecule has 0 aliphatic carbocycles. The van der Waals surface area contributed by atoms with Gasteiger partial charge in [-0.2, -0.15) is 0 Å². The average molecular weight is 271 g/mol. The van der Waals surface area contributed by atoms with E-state index in [0.29, 0.717) is 13.0 Å². The van der Waals surface area contributed by atoms with Gasteiger partial charge in [0.15, 0.2) is 0 Å². The van der Waals surface area contributed by atoms with E-state index in [1.165, 1.54) is 6.92 Å². The molecule has 0 saturated carbocycles. The van der Waals surface area contributed by atoms with Crippen LogP contribution in [0, 0.1) is 0 Å². The first-order valence-electron chi connectivity index (χ1n) is 6.54. The van der Waals surface area contributed by atoms with Gasteiger partial charge >= 0.3 is 0 Å². The molecule has 0 aromatic carbocycles. The standard InChI is InChI=1S/C13H25N3O3/c1-9(17)11(14-3)6-5-7-16-13(19)8-12(15-4)10(2)18/h11-12,14-15H,5-8H2,1-4H3,(H,16,19). The van der Waals surface area contributed by atoms with E-state index in [0.717, 1.165) is 6.42 Å². The molecule has 0 saturated heterocycles. The van der Waals surface area contributed by atoms with Crippen LogP contribution in [0.3, 0.4) is 0 Å². The normalized spacial score (nSPS) is 13.7. The third-order valence-electron chi connectivity index (χ3n) is 3.06. The molecule has 0 aromatic rings. The Labute approximate surface area is 114 Å². The van der Waals surface area contributed by atoms with E-state index in [9.17, 15) is 14.4 Å². The van der Waals surface area contributed by atoms with Crippen molar-refractivity contribution < 1.29 is 14.4 Å². The number of nitrogens with one attached hydrogen (secondary N) is 3. The van der Waals surface area contributed by atoms with Gasteiger partial charge in [0, 0.05) is 13.0 Å². The fraction of sp³-hybridized carbons (Fsp3) is 0.769. The van der Waals surface area contributed by atoms with Crippen molar-refractivity contribution in [1.29, 1.82) is 0 Å². The minimum Gasteiger partial charge on any atom is -0.356 e. The third kappa shape index (κ3) is 7.69. The maximum Gasteiger partial charge on any atom is 0.222 e. The van der Waals surface area contributed by atoms with Gasteiger partial charge in [-0.15, -0.1) is 0 Å². The van der Waals surface area contributed by atoms with Crippen LogP contribution in [0.25, 0.3) is 0 Å². The smallest absolute Gasteiger partial charge is 0.222 e. The van der Waals surface area contributed by atoms with Crippen LogP contribution < -0.4 is 16.0 Å². The van der Waals surface area contributed by atoms with Gasteiger partial charge in [-0.3, -0.25) is 14.4 Å². The first-order valence-corrected chi connectivity index (χ1v) is 6.54. The number of carbonyl (C=O) groups excluding carboxylic acids is 3. The zero-order valence-corrected chi connectivity index (χ0v) is 12.2. The van der Waals surface area contributed by atoms with Gasteiger partial charge in [0.25, 0.3) is 0 Å². The number of rotatable bonds is 10. The Kier molecular flexibility index (Phi) is 8.99. The second-order valence-electron chi connectivity index (χ2n) is 4.60. The molecule has 0 aromatic heterocycles. The van der Waals surface area contributed by atoms with Crippen molar-refractivity contribution >= 4 is 17.5 Å². The molecular formula is C13H25N3O3. The van der Waals surface area contributed by atoms with Crippen LogP contribution in [0.15, 0.2) is 0 Å². The number of ketones is 2. The van der Waals surface area contributed by atoms with Gasteiger partial charge in [-0.1, -0.05) is 0 Å². The van der Waals surface area contributed by atoms with Gasteiger partial charge < -0.3 is 16.0 Å². The van der Waals surface area contributed by atoms with E-state index in [2.05, 4.69) is 16.0 Å². The van der Waals surface area contributed by atoms with Gasteiger partial charge in [0.2, 0.25) is 5.91 Å². The molecule has 0 bridgehead atoms. The van der Waals surface area contributed by atoms with Gasteiger partial charge in [0.1, 0.15) is 11.6 Å². The van der Waals surface area contributed by atoms with Crippen LogP contribution in [0.1, 0.15) is 33.1 Å². The molecule has 0 spiro atoms. The molecule has 0 rings (SSSR count). The minimum atomic E-state index is -0.428. The first-order chi connectivity index (χ1) is 8.92. The second-order valence-corrected chi connectivity index (χ2v) is 4.60. The van der Waals surface area contributed by atoms with E-state index >= 15 is 0 Å². The predicted octanol–water partition coefficient (Wildman–Crippen LogP) is -0.373. The lowest BCUT2D eigenvalue weighted by molar-refractivity contribution is -0.126. The van der Waals surface area contributed by atoms with Crippen LogP contribution in [-0.4, -0.2) is 50.2 Å². The fourth-order valence-electron chi connectivity index (χ4n) is 1.79. The maximum atomic E-state index is 11.6. The Morgan fingerprint density at radius 2 is 1.47 bits per heavy atom. The Balaban J connectivity index is 3.86. The van der Waals surface area contributed by atoms with Crippen molar-refractivity contribution in [1.82, 2.24) is 16.0 Å². The molecule has 110 valence electrons. The molecule has 0 aliphatic heterocycles. The summed E-state index contributed by atoms with van der Waals surface area (Å²) in [5, 5.41) is 8.48. The highest BCUT2D eigenvalue weighted by Gasteiger charge is 2.16. The number of carbonyl (C=O) groups is 3. The SMILES string of the molecule is CNC(CCCNC(=O)CC(NC)C(C)=O)C(C)=O. The Morgan fingerprint density at radius 1 is 0.947 bits per heavy atom. The minimum absolute atomic E-state index is 0.0514. The monoisotopic (exact) mass is 271 g/mol. The summed E-state index contributed by atoms with van der Waals surface area (Å²) < 4.78 is 0. The molecule has 2 atom stereocenters. The summed E-state index contributed by atoms with van der Waals surface area (Å²) in [7, 11) is 3.40. The van der Waals surface area contributed by atoms with Crippen LogP contribution >= 0.6 is 0 Å². The van der Waals surface area contributed by atoms with Crippen LogP contribution in [0.2, 0.25) is 0 Å². The Hall–Kier alpha value is -1.27.